The molecule has 68 heavy (non-hydrogen) atoms. The summed E-state index contributed by atoms with van der Waals surface area (Å²) in [5.41, 5.74) is 14.5. The molecule has 0 radical (unpaired) electrons. The molecule has 6 heterocycles. The van der Waals surface area contributed by atoms with Gasteiger partial charge in [0.05, 0.1) is 42.9 Å². The lowest BCUT2D eigenvalue weighted by atomic mass is 10.1. The van der Waals surface area contributed by atoms with Crippen LogP contribution >= 0.6 is 0 Å². The van der Waals surface area contributed by atoms with E-state index in [1.165, 1.54) is 6.07 Å². The number of benzene rings is 4. The fraction of sp³-hybridized carbons (Fsp3) is 0.480. The van der Waals surface area contributed by atoms with E-state index in [9.17, 15) is 34.8 Å². The Morgan fingerprint density at radius 3 is 1.34 bits per heavy atom. The maximum Gasteiger partial charge on any atom is 0.228 e. The van der Waals surface area contributed by atoms with Crippen LogP contribution in [0, 0.1) is 0 Å². The smallest absolute Gasteiger partial charge is 0.228 e. The molecule has 0 amide bonds. The van der Waals surface area contributed by atoms with Crippen molar-refractivity contribution >= 4 is 52.8 Å². The Morgan fingerprint density at radius 2 is 0.868 bits per heavy atom. The molecule has 10 rings (SSSR count). The zero-order chi connectivity index (χ0) is 51.9. The zero-order valence-corrected chi connectivity index (χ0v) is 45.0. The molecule has 0 saturated carbocycles. The summed E-state index contributed by atoms with van der Waals surface area (Å²) in [6.07, 6.45) is 1.89. The van der Waals surface area contributed by atoms with Crippen molar-refractivity contribution in [3.63, 3.8) is 0 Å². The molecule has 18 heteroatoms. The Bertz CT molecular complexity index is 2410. The van der Waals surface area contributed by atoms with Crippen molar-refractivity contribution in [3.8, 4) is 0 Å². The topological polar surface area (TPSA) is 239 Å². The van der Waals surface area contributed by atoms with E-state index in [1.807, 2.05) is 119 Å². The lowest BCUT2D eigenvalue weighted by molar-refractivity contribution is 0.0850. The summed E-state index contributed by atoms with van der Waals surface area (Å²) in [5, 5.41) is 0. The number of nitrogens with two attached hydrogens (primary N) is 2. The van der Waals surface area contributed by atoms with Crippen LogP contribution in [0.1, 0.15) is 153 Å². The molecule has 380 valence electrons. The van der Waals surface area contributed by atoms with E-state index < -0.39 is 41.3 Å². The predicted octanol–water partition coefficient (Wildman–Crippen LogP) is 9.96. The number of hydrogen-bond donors (Lipinski definition) is 2. The highest BCUT2D eigenvalue weighted by Crippen LogP contribution is 2.31. The van der Waals surface area contributed by atoms with Gasteiger partial charge in [-0.1, -0.05) is 128 Å². The van der Waals surface area contributed by atoms with Gasteiger partial charge in [0.1, 0.15) is 0 Å². The molecule has 2 saturated heterocycles. The second kappa shape index (κ2) is 30.0. The normalized spacial score (nSPS) is 22.1. The first-order valence-corrected chi connectivity index (χ1v) is 29.0. The molecule has 4 aromatic rings. The summed E-state index contributed by atoms with van der Waals surface area (Å²) >= 11 is 0. The van der Waals surface area contributed by atoms with Crippen LogP contribution in [0.5, 0.6) is 0 Å². The molecule has 4 N–H and O–H groups in total. The lowest BCUT2D eigenvalue weighted by Gasteiger charge is -2.21. The fourth-order valence-electron chi connectivity index (χ4n) is 6.04. The molecule has 2 fully saturated rings. The number of ketones is 2. The third-order valence-electron chi connectivity index (χ3n) is 9.43. The summed E-state index contributed by atoms with van der Waals surface area (Å²) < 4.78 is 68.9. The van der Waals surface area contributed by atoms with Gasteiger partial charge >= 0.3 is 0 Å². The first-order valence-electron chi connectivity index (χ1n) is 23.1. The van der Waals surface area contributed by atoms with Gasteiger partial charge in [0.2, 0.25) is 11.6 Å². The minimum absolute atomic E-state index is 0.0527. The average Bonchev–Trinajstić information content (AvgIpc) is 4.28. The SMILES string of the molecule is CC.CC.CC.CC.CC1(C)OO1.CC1(C)OO1.NC1CCS(=O)(=O)c2ccccc21.NC1CCS(=O)c2ccccc21.O=C1CCS(=O)(=O)c2ccccc21.O=C1CCS(=O)c2ccccc21. The van der Waals surface area contributed by atoms with Gasteiger partial charge in [-0.3, -0.25) is 18.0 Å². The van der Waals surface area contributed by atoms with E-state index in [-0.39, 0.29) is 58.0 Å². The van der Waals surface area contributed by atoms with Crippen LogP contribution in [0.4, 0.5) is 0 Å². The second-order valence-corrected chi connectivity index (χ2v) is 22.3. The maximum absolute atomic E-state index is 11.6. The van der Waals surface area contributed by atoms with E-state index in [1.54, 1.807) is 54.6 Å². The van der Waals surface area contributed by atoms with Gasteiger partial charge in [-0.15, -0.1) is 0 Å². The van der Waals surface area contributed by atoms with Gasteiger partial charge in [0, 0.05) is 57.3 Å². The number of hydrogen-bond acceptors (Lipinski definition) is 14. The Hall–Kier alpha value is -3.82. The molecule has 0 aromatic heterocycles. The number of rotatable bonds is 0. The van der Waals surface area contributed by atoms with Gasteiger partial charge in [0.25, 0.3) is 0 Å². The quantitative estimate of drug-likeness (QED) is 0.123. The van der Waals surface area contributed by atoms with E-state index in [4.69, 9.17) is 11.5 Å². The Morgan fingerprint density at radius 1 is 0.485 bits per heavy atom. The molecular weight excluding hydrogens is 949 g/mol. The summed E-state index contributed by atoms with van der Waals surface area (Å²) in [6.45, 7) is 23.4. The standard InChI is InChI=1S/C9H11NO2S.C9H11NOS.C9H8O3S.C9H8O2S.2C3H6O2.4C2H6/c10-8-5-6-13(11,12)9-4-2-1-3-7(8)9;10-8-5-6-12(11)9-4-2-1-3-7(8)9;10-8-5-6-13(11,12)9-4-2-1-3-7(8)9;10-8-5-6-12(11)9-4-2-1-3-7(8)9;2*1-3(2)4-5-3;4*1-2/h1-4,8H,5-6,10H2;1-4,8H,5-6,10H2;1-4H,5-6H2;1-4H,5-6H2;2*1-2H3;4*1-2H3. The molecule has 0 aliphatic carbocycles. The highest BCUT2D eigenvalue weighted by Gasteiger charge is 2.37. The summed E-state index contributed by atoms with van der Waals surface area (Å²) in [7, 11) is -8.02. The van der Waals surface area contributed by atoms with Crippen LogP contribution in [-0.4, -0.2) is 71.4 Å². The van der Waals surface area contributed by atoms with Crippen molar-refractivity contribution in [3.05, 3.63) is 119 Å². The highest BCUT2D eigenvalue weighted by atomic mass is 32.2. The van der Waals surface area contributed by atoms with Crippen LogP contribution in [0.25, 0.3) is 0 Å². The summed E-state index contributed by atoms with van der Waals surface area (Å²) in [6, 6.07) is 28.2. The Balaban J connectivity index is 0.000000406. The van der Waals surface area contributed by atoms with Crippen molar-refractivity contribution < 1.29 is 54.4 Å². The van der Waals surface area contributed by atoms with Gasteiger partial charge in [-0.2, -0.15) is 19.6 Å². The third-order valence-corrected chi connectivity index (χ3v) is 15.9. The number of Topliss-reactive ketones (excluding diaryl/α,β-unsaturated/α-hetero) is 2. The number of carbonyl (C=O) groups excluding carboxylic acids is 2. The van der Waals surface area contributed by atoms with Crippen LogP contribution in [-0.2, 0) is 60.8 Å². The zero-order valence-electron chi connectivity index (χ0n) is 41.7. The minimum atomic E-state index is -3.20. The monoisotopic (exact) mass is 1020 g/mol. The summed E-state index contributed by atoms with van der Waals surface area (Å²) in [4.78, 5) is 42.4. The largest absolute Gasteiger partial charge is 0.324 e. The van der Waals surface area contributed by atoms with E-state index in [0.29, 0.717) is 45.3 Å². The van der Waals surface area contributed by atoms with Crippen LogP contribution in [0.3, 0.4) is 0 Å². The molecule has 4 unspecified atom stereocenters. The average molecular weight is 1020 g/mol. The van der Waals surface area contributed by atoms with Crippen molar-refractivity contribution in [2.24, 2.45) is 11.5 Å². The third kappa shape index (κ3) is 19.9. The molecular formula is C50H74N2O12S4. The first kappa shape index (κ1) is 62.2. The predicted molar refractivity (Wildman–Crippen MR) is 271 cm³/mol. The van der Waals surface area contributed by atoms with Crippen LogP contribution in [0.15, 0.2) is 117 Å². The minimum Gasteiger partial charge on any atom is -0.324 e. The molecule has 0 spiro atoms. The van der Waals surface area contributed by atoms with Crippen LogP contribution < -0.4 is 11.5 Å². The fourth-order valence-corrected chi connectivity index (χ4v) is 11.8. The maximum atomic E-state index is 11.6. The van der Waals surface area contributed by atoms with Gasteiger partial charge < -0.3 is 11.5 Å². The molecule has 4 atom stereocenters. The molecule has 6 aliphatic rings. The van der Waals surface area contributed by atoms with E-state index >= 15 is 0 Å². The van der Waals surface area contributed by atoms with Crippen molar-refractivity contribution in [1.29, 1.82) is 0 Å². The van der Waals surface area contributed by atoms with Crippen LogP contribution in [0.2, 0.25) is 0 Å². The van der Waals surface area contributed by atoms with Gasteiger partial charge in [-0.05, 0) is 75.9 Å². The second-order valence-electron chi connectivity index (χ2n) is 15.1. The Kier molecular flexibility index (Phi) is 27.5. The molecule has 14 nitrogen and oxygen atoms in total. The summed E-state index contributed by atoms with van der Waals surface area (Å²) in [5.74, 6) is 0.845. The van der Waals surface area contributed by atoms with Crippen molar-refractivity contribution in [2.75, 3.05) is 23.0 Å². The van der Waals surface area contributed by atoms with Gasteiger partial charge in [-0.25, -0.2) is 16.8 Å². The number of carbonyl (C=O) groups is 2. The van der Waals surface area contributed by atoms with Gasteiger partial charge in [0.15, 0.2) is 31.2 Å². The van der Waals surface area contributed by atoms with Crippen molar-refractivity contribution in [2.45, 2.75) is 152 Å². The number of sulfone groups is 2. The van der Waals surface area contributed by atoms with E-state index in [0.717, 1.165) is 22.4 Å². The molecule has 6 aliphatic heterocycles. The van der Waals surface area contributed by atoms with Crippen molar-refractivity contribution in [1.82, 2.24) is 0 Å². The van der Waals surface area contributed by atoms with E-state index in [2.05, 4.69) is 19.6 Å². The number of fused-ring (bicyclic) bond motifs is 4. The molecule has 4 aromatic carbocycles. The molecule has 0 bridgehead atoms. The first-order chi connectivity index (χ1) is 32.2. The lowest BCUT2D eigenvalue weighted by Crippen LogP contribution is -2.24. The highest BCUT2D eigenvalue weighted by molar-refractivity contribution is 7.92. The Labute approximate surface area is 410 Å².